The summed E-state index contributed by atoms with van der Waals surface area (Å²) in [6, 6.07) is 37.4. The topological polar surface area (TPSA) is 122 Å². The lowest BCUT2D eigenvalue weighted by Gasteiger charge is -2.50. The lowest BCUT2D eigenvalue weighted by molar-refractivity contribution is -0.302. The van der Waals surface area contributed by atoms with Crippen LogP contribution >= 0.6 is 15.9 Å². The largest absolute Gasteiger partial charge is 0.465 e. The van der Waals surface area contributed by atoms with Gasteiger partial charge in [-0.1, -0.05) is 137 Å². The van der Waals surface area contributed by atoms with E-state index in [1.807, 2.05) is 121 Å². The van der Waals surface area contributed by atoms with E-state index < -0.39 is 47.0 Å². The number of esters is 1. The molecule has 7 atom stereocenters. The third-order valence-corrected chi connectivity index (χ3v) is 9.64. The third kappa shape index (κ3) is 10.6. The SMILES string of the molecule is COC(=O)[C@@]1(O)O[C@@H]([C@H](OCc2ccccc2)[C@@H](COCc2ccccc2)OCc2ccccc2)[C@H](NC(C)=O)[C@@H](OCc2ccccc2)[C@@H]1Br. The zero-order valence-corrected chi connectivity index (χ0v) is 30.2. The van der Waals surface area contributed by atoms with Gasteiger partial charge in [0.05, 0.1) is 52.3 Å². The fourth-order valence-corrected chi connectivity index (χ4v) is 6.71. The molecule has 1 amide bonds. The van der Waals surface area contributed by atoms with Gasteiger partial charge in [-0.2, -0.15) is 0 Å². The fourth-order valence-electron chi connectivity index (χ4n) is 5.93. The van der Waals surface area contributed by atoms with E-state index in [1.165, 1.54) is 6.92 Å². The van der Waals surface area contributed by atoms with Gasteiger partial charge in [0.25, 0.3) is 5.79 Å². The number of alkyl halides is 1. The Morgan fingerprint density at radius 2 is 1.24 bits per heavy atom. The minimum Gasteiger partial charge on any atom is -0.465 e. The predicted octanol–water partition coefficient (Wildman–Crippen LogP) is 5.49. The lowest BCUT2D eigenvalue weighted by atomic mass is 9.88. The first-order valence-electron chi connectivity index (χ1n) is 16.8. The summed E-state index contributed by atoms with van der Waals surface area (Å²) in [5.41, 5.74) is 3.58. The van der Waals surface area contributed by atoms with Crippen molar-refractivity contribution in [2.45, 2.75) is 74.4 Å². The second-order valence-corrected chi connectivity index (χ2v) is 13.2. The Morgan fingerprint density at radius 1 is 0.765 bits per heavy atom. The van der Waals surface area contributed by atoms with Crippen molar-refractivity contribution in [2.24, 2.45) is 0 Å². The number of amides is 1. The Balaban J connectivity index is 1.55. The zero-order chi connectivity index (χ0) is 36.1. The number of nitrogens with one attached hydrogen (secondary N) is 1. The first-order chi connectivity index (χ1) is 24.8. The molecule has 0 bridgehead atoms. The van der Waals surface area contributed by atoms with Crippen LogP contribution < -0.4 is 5.32 Å². The minimum atomic E-state index is -2.54. The third-order valence-electron chi connectivity index (χ3n) is 8.50. The van der Waals surface area contributed by atoms with Crippen LogP contribution in [0, 0.1) is 0 Å². The lowest BCUT2D eigenvalue weighted by Crippen LogP contribution is -2.73. The van der Waals surface area contributed by atoms with Crippen LogP contribution in [-0.2, 0) is 64.4 Å². The molecule has 4 aromatic rings. The number of methoxy groups -OCH3 is 1. The van der Waals surface area contributed by atoms with E-state index in [2.05, 4.69) is 21.2 Å². The number of ether oxygens (including phenoxy) is 6. The van der Waals surface area contributed by atoms with Crippen molar-refractivity contribution >= 4 is 27.8 Å². The number of hydrogen-bond donors (Lipinski definition) is 2. The number of benzene rings is 4. The standard InChI is InChI=1S/C40H44BrNO9/c1-28(43)42-34-36(51-40(45,39(44)46-2)38(41)37(34)50-26-32-21-13-6-14-22-32)35(49-25-31-19-11-5-12-20-31)33(48-24-30-17-9-4-10-18-30)27-47-23-29-15-7-3-8-16-29/h3-22,33-38,45H,23-27H2,1-2H3,(H,42,43)/t33-,34+,35-,36-,37-,38+,40+/m1/s1. The molecule has 0 spiro atoms. The maximum Gasteiger partial charge on any atom is 0.367 e. The van der Waals surface area contributed by atoms with Crippen LogP contribution in [0.25, 0.3) is 0 Å². The van der Waals surface area contributed by atoms with Gasteiger partial charge in [-0.05, 0) is 22.3 Å². The van der Waals surface area contributed by atoms with E-state index in [0.29, 0.717) is 0 Å². The number of aliphatic hydroxyl groups is 1. The average molecular weight is 763 g/mol. The Hall–Kier alpha value is -3.94. The second-order valence-electron chi connectivity index (χ2n) is 12.3. The van der Waals surface area contributed by atoms with Crippen molar-refractivity contribution < 1.29 is 43.1 Å². The van der Waals surface area contributed by atoms with Crippen molar-refractivity contribution in [3.63, 3.8) is 0 Å². The molecule has 4 aromatic carbocycles. The van der Waals surface area contributed by atoms with Crippen LogP contribution in [0.3, 0.4) is 0 Å². The number of carbonyl (C=O) groups is 2. The molecule has 10 nitrogen and oxygen atoms in total. The van der Waals surface area contributed by atoms with Crippen molar-refractivity contribution in [2.75, 3.05) is 13.7 Å². The summed E-state index contributed by atoms with van der Waals surface area (Å²) in [5, 5.41) is 15.0. The predicted molar refractivity (Wildman–Crippen MR) is 193 cm³/mol. The Morgan fingerprint density at radius 3 is 1.73 bits per heavy atom. The molecule has 1 aliphatic rings. The van der Waals surface area contributed by atoms with Crippen LogP contribution in [0.4, 0.5) is 0 Å². The summed E-state index contributed by atoms with van der Waals surface area (Å²) in [7, 11) is 1.16. The molecule has 0 radical (unpaired) electrons. The van der Waals surface area contributed by atoms with E-state index in [1.54, 1.807) is 0 Å². The Bertz CT molecular complexity index is 1630. The van der Waals surface area contributed by atoms with E-state index >= 15 is 0 Å². The van der Waals surface area contributed by atoms with Crippen LogP contribution in [-0.4, -0.2) is 71.8 Å². The summed E-state index contributed by atoms with van der Waals surface area (Å²) in [4.78, 5) is 25.0. The minimum absolute atomic E-state index is 0.0395. The molecule has 51 heavy (non-hydrogen) atoms. The number of rotatable bonds is 17. The smallest absolute Gasteiger partial charge is 0.367 e. The zero-order valence-electron chi connectivity index (χ0n) is 28.6. The molecular formula is C40H44BrNO9. The monoisotopic (exact) mass is 761 g/mol. The van der Waals surface area contributed by atoms with Crippen LogP contribution in [0.2, 0.25) is 0 Å². The van der Waals surface area contributed by atoms with Gasteiger partial charge in [-0.25, -0.2) is 4.79 Å². The second kappa shape index (κ2) is 19.1. The average Bonchev–Trinajstić information content (AvgIpc) is 3.16. The van der Waals surface area contributed by atoms with Crippen LogP contribution in [0.15, 0.2) is 121 Å². The fraction of sp³-hybridized carbons (Fsp3) is 0.350. The molecule has 270 valence electrons. The highest BCUT2D eigenvalue weighted by Crippen LogP contribution is 2.39. The van der Waals surface area contributed by atoms with E-state index in [0.717, 1.165) is 29.4 Å². The van der Waals surface area contributed by atoms with Gasteiger partial charge in [0.15, 0.2) is 0 Å². The van der Waals surface area contributed by atoms with E-state index in [9.17, 15) is 14.7 Å². The number of hydrogen-bond acceptors (Lipinski definition) is 9. The molecular weight excluding hydrogens is 718 g/mol. The molecule has 0 saturated carbocycles. The highest BCUT2D eigenvalue weighted by molar-refractivity contribution is 9.09. The molecule has 1 heterocycles. The van der Waals surface area contributed by atoms with Crippen molar-refractivity contribution in [1.82, 2.24) is 5.32 Å². The van der Waals surface area contributed by atoms with Crippen molar-refractivity contribution in [1.29, 1.82) is 0 Å². The number of carbonyl (C=O) groups excluding carboxylic acids is 2. The van der Waals surface area contributed by atoms with E-state index in [-0.39, 0.29) is 38.9 Å². The highest BCUT2D eigenvalue weighted by atomic mass is 79.9. The molecule has 11 heteroatoms. The molecule has 1 aliphatic heterocycles. The molecule has 1 fully saturated rings. The normalized spacial score (nSPS) is 22.8. The summed E-state index contributed by atoms with van der Waals surface area (Å²) in [6.45, 7) is 2.12. The van der Waals surface area contributed by atoms with Crippen LogP contribution in [0.5, 0.6) is 0 Å². The maximum atomic E-state index is 13.3. The van der Waals surface area contributed by atoms with Gasteiger partial charge in [0, 0.05) is 6.92 Å². The van der Waals surface area contributed by atoms with Gasteiger partial charge in [-0.3, -0.25) is 4.79 Å². The maximum absolute atomic E-state index is 13.3. The summed E-state index contributed by atoms with van der Waals surface area (Å²) in [6.07, 6.45) is -4.08. The summed E-state index contributed by atoms with van der Waals surface area (Å²) < 4.78 is 37.3. The molecule has 2 N–H and O–H groups in total. The van der Waals surface area contributed by atoms with Crippen molar-refractivity contribution in [3.05, 3.63) is 144 Å². The Kier molecular flexibility index (Phi) is 14.3. The Labute approximate surface area is 307 Å². The van der Waals surface area contributed by atoms with Gasteiger partial charge in [-0.15, -0.1) is 0 Å². The molecule has 0 aromatic heterocycles. The first-order valence-corrected chi connectivity index (χ1v) is 17.7. The van der Waals surface area contributed by atoms with Crippen LogP contribution in [0.1, 0.15) is 29.2 Å². The van der Waals surface area contributed by atoms with Gasteiger partial charge in [0.1, 0.15) is 23.1 Å². The highest BCUT2D eigenvalue weighted by Gasteiger charge is 2.61. The van der Waals surface area contributed by atoms with Crippen molar-refractivity contribution in [3.8, 4) is 0 Å². The summed E-state index contributed by atoms with van der Waals surface area (Å²) >= 11 is 3.49. The van der Waals surface area contributed by atoms with E-state index in [4.69, 9.17) is 28.4 Å². The molecule has 5 rings (SSSR count). The first kappa shape index (κ1) is 38.3. The molecule has 1 saturated heterocycles. The van der Waals surface area contributed by atoms with Gasteiger partial charge >= 0.3 is 5.97 Å². The van der Waals surface area contributed by atoms with Gasteiger partial charge < -0.3 is 38.8 Å². The van der Waals surface area contributed by atoms with Gasteiger partial charge in [0.2, 0.25) is 5.91 Å². The molecule has 0 aliphatic carbocycles. The molecule has 0 unspecified atom stereocenters. The summed E-state index contributed by atoms with van der Waals surface area (Å²) in [5.74, 6) is -3.97. The number of halogens is 1. The quantitative estimate of drug-likeness (QED) is 0.106.